The van der Waals surface area contributed by atoms with Gasteiger partial charge >= 0.3 is 5.97 Å². The van der Waals surface area contributed by atoms with Gasteiger partial charge in [0.2, 0.25) is 11.8 Å². The molecule has 3 rings (SSSR count). The van der Waals surface area contributed by atoms with Crippen LogP contribution in [0.15, 0.2) is 0 Å². The smallest absolute Gasteiger partial charge is 0.326 e. The molecule has 2 N–H and O–H groups in total. The van der Waals surface area contributed by atoms with Crippen LogP contribution in [0.3, 0.4) is 0 Å². The van der Waals surface area contributed by atoms with E-state index in [0.29, 0.717) is 25.2 Å². The highest BCUT2D eigenvalue weighted by Gasteiger charge is 2.49. The molecular formula is C14H20N2O4. The molecule has 3 aliphatic rings. The summed E-state index contributed by atoms with van der Waals surface area (Å²) in [5.41, 5.74) is 0. The number of carboxylic acids is 1. The molecule has 0 aromatic heterocycles. The van der Waals surface area contributed by atoms with Gasteiger partial charge in [-0.05, 0) is 31.6 Å². The van der Waals surface area contributed by atoms with E-state index in [-0.39, 0.29) is 17.9 Å². The second-order valence-corrected chi connectivity index (χ2v) is 6.11. The van der Waals surface area contributed by atoms with Crippen LogP contribution in [0.1, 0.15) is 44.9 Å². The Morgan fingerprint density at radius 3 is 2.60 bits per heavy atom. The SMILES string of the molecule is O=C1CCC(C(=O)N2C(C(=O)O)CC3CCCCC32)N1. The van der Waals surface area contributed by atoms with Crippen LogP contribution in [-0.4, -0.2) is 45.9 Å². The number of carboxylic acid groups (broad SMARTS) is 1. The number of rotatable bonds is 2. The number of fused-ring (bicyclic) bond motifs is 1. The van der Waals surface area contributed by atoms with Crippen molar-refractivity contribution in [3.05, 3.63) is 0 Å². The van der Waals surface area contributed by atoms with E-state index in [1.54, 1.807) is 4.90 Å². The largest absolute Gasteiger partial charge is 0.480 e. The lowest BCUT2D eigenvalue weighted by Crippen LogP contribution is -2.52. The summed E-state index contributed by atoms with van der Waals surface area (Å²) in [5.74, 6) is -0.921. The van der Waals surface area contributed by atoms with Crippen LogP contribution in [0.2, 0.25) is 0 Å². The van der Waals surface area contributed by atoms with Crippen molar-refractivity contribution >= 4 is 17.8 Å². The Balaban J connectivity index is 1.81. The Morgan fingerprint density at radius 1 is 1.20 bits per heavy atom. The van der Waals surface area contributed by atoms with E-state index in [4.69, 9.17) is 0 Å². The van der Waals surface area contributed by atoms with E-state index < -0.39 is 18.1 Å². The maximum absolute atomic E-state index is 12.6. The zero-order valence-electron chi connectivity index (χ0n) is 11.4. The summed E-state index contributed by atoms with van der Waals surface area (Å²) in [7, 11) is 0. The molecule has 2 amide bonds. The Hall–Kier alpha value is -1.59. The third kappa shape index (κ3) is 2.17. The van der Waals surface area contributed by atoms with E-state index in [2.05, 4.69) is 5.32 Å². The molecule has 4 unspecified atom stereocenters. The lowest BCUT2D eigenvalue weighted by molar-refractivity contribution is -0.150. The predicted molar refractivity (Wildman–Crippen MR) is 69.8 cm³/mol. The zero-order valence-corrected chi connectivity index (χ0v) is 11.4. The molecule has 6 heteroatoms. The monoisotopic (exact) mass is 280 g/mol. The average molecular weight is 280 g/mol. The highest BCUT2D eigenvalue weighted by molar-refractivity contribution is 5.93. The number of nitrogens with one attached hydrogen (secondary N) is 1. The second-order valence-electron chi connectivity index (χ2n) is 6.11. The van der Waals surface area contributed by atoms with Crippen molar-refractivity contribution in [3.8, 4) is 0 Å². The van der Waals surface area contributed by atoms with Crippen LogP contribution in [-0.2, 0) is 14.4 Å². The third-order valence-electron chi connectivity index (χ3n) is 4.92. The van der Waals surface area contributed by atoms with Crippen LogP contribution in [0, 0.1) is 5.92 Å². The molecule has 1 saturated carbocycles. The van der Waals surface area contributed by atoms with Crippen LogP contribution >= 0.6 is 0 Å². The molecule has 4 atom stereocenters. The zero-order chi connectivity index (χ0) is 14.3. The van der Waals surface area contributed by atoms with Gasteiger partial charge in [0, 0.05) is 12.5 Å². The van der Waals surface area contributed by atoms with Crippen molar-refractivity contribution in [2.45, 2.75) is 63.1 Å². The quantitative estimate of drug-likeness (QED) is 0.771. The van der Waals surface area contributed by atoms with Gasteiger partial charge < -0.3 is 15.3 Å². The first-order valence-corrected chi connectivity index (χ1v) is 7.42. The molecule has 2 aliphatic heterocycles. The fourth-order valence-corrected chi connectivity index (χ4v) is 3.98. The van der Waals surface area contributed by atoms with Gasteiger partial charge in [0.15, 0.2) is 0 Å². The number of hydrogen-bond acceptors (Lipinski definition) is 3. The molecule has 20 heavy (non-hydrogen) atoms. The van der Waals surface area contributed by atoms with Crippen molar-refractivity contribution in [2.75, 3.05) is 0 Å². The van der Waals surface area contributed by atoms with Gasteiger partial charge in [0.1, 0.15) is 12.1 Å². The Morgan fingerprint density at radius 2 is 1.95 bits per heavy atom. The van der Waals surface area contributed by atoms with Crippen LogP contribution < -0.4 is 5.32 Å². The lowest BCUT2D eigenvalue weighted by Gasteiger charge is -2.34. The van der Waals surface area contributed by atoms with Crippen molar-refractivity contribution in [3.63, 3.8) is 0 Å². The summed E-state index contributed by atoms with van der Waals surface area (Å²) >= 11 is 0. The third-order valence-corrected chi connectivity index (χ3v) is 4.92. The number of nitrogens with zero attached hydrogens (tertiary/aromatic N) is 1. The van der Waals surface area contributed by atoms with E-state index in [1.165, 1.54) is 0 Å². The van der Waals surface area contributed by atoms with E-state index in [0.717, 1.165) is 25.7 Å². The molecule has 1 aliphatic carbocycles. The van der Waals surface area contributed by atoms with Gasteiger partial charge in [-0.2, -0.15) is 0 Å². The molecule has 0 bridgehead atoms. The molecule has 3 fully saturated rings. The summed E-state index contributed by atoms with van der Waals surface area (Å²) in [6, 6.07) is -1.19. The number of carbonyl (C=O) groups excluding carboxylic acids is 2. The van der Waals surface area contributed by atoms with Gasteiger partial charge in [0.05, 0.1) is 0 Å². The normalized spacial score (nSPS) is 36.6. The van der Waals surface area contributed by atoms with Gasteiger partial charge in [0.25, 0.3) is 0 Å². The predicted octanol–water partition coefficient (Wildman–Crippen LogP) is 0.509. The molecule has 0 radical (unpaired) electrons. The fourth-order valence-electron chi connectivity index (χ4n) is 3.98. The second kappa shape index (κ2) is 5.07. The lowest BCUT2D eigenvalue weighted by atomic mass is 9.84. The Kier molecular flexibility index (Phi) is 3.40. The van der Waals surface area contributed by atoms with Crippen molar-refractivity contribution in [2.24, 2.45) is 5.92 Å². The molecular weight excluding hydrogens is 260 g/mol. The summed E-state index contributed by atoms with van der Waals surface area (Å²) in [6.07, 6.45) is 5.47. The van der Waals surface area contributed by atoms with Gasteiger partial charge in [-0.1, -0.05) is 12.8 Å². The number of aliphatic carboxylic acids is 1. The average Bonchev–Trinajstić information content (AvgIpc) is 3.01. The Labute approximate surface area is 117 Å². The summed E-state index contributed by atoms with van der Waals surface area (Å²) < 4.78 is 0. The molecule has 0 aromatic carbocycles. The maximum atomic E-state index is 12.6. The van der Waals surface area contributed by atoms with Gasteiger partial charge in [-0.3, -0.25) is 9.59 Å². The molecule has 110 valence electrons. The first-order valence-electron chi connectivity index (χ1n) is 7.42. The van der Waals surface area contributed by atoms with Crippen molar-refractivity contribution in [1.29, 1.82) is 0 Å². The maximum Gasteiger partial charge on any atom is 0.326 e. The highest BCUT2D eigenvalue weighted by atomic mass is 16.4. The molecule has 0 spiro atoms. The van der Waals surface area contributed by atoms with Crippen LogP contribution in [0.5, 0.6) is 0 Å². The van der Waals surface area contributed by atoms with Crippen LogP contribution in [0.4, 0.5) is 0 Å². The van der Waals surface area contributed by atoms with Crippen molar-refractivity contribution < 1.29 is 19.5 Å². The molecule has 2 heterocycles. The number of carbonyl (C=O) groups is 3. The van der Waals surface area contributed by atoms with Gasteiger partial charge in [-0.15, -0.1) is 0 Å². The van der Waals surface area contributed by atoms with E-state index >= 15 is 0 Å². The summed E-state index contributed by atoms with van der Waals surface area (Å²) in [4.78, 5) is 36.9. The van der Waals surface area contributed by atoms with Crippen molar-refractivity contribution in [1.82, 2.24) is 10.2 Å². The van der Waals surface area contributed by atoms with E-state index in [1.807, 2.05) is 0 Å². The topological polar surface area (TPSA) is 86.7 Å². The minimum atomic E-state index is -0.919. The first-order chi connectivity index (χ1) is 9.58. The highest BCUT2D eigenvalue weighted by Crippen LogP contribution is 2.40. The summed E-state index contributed by atoms with van der Waals surface area (Å²) in [5, 5.41) is 12.1. The summed E-state index contributed by atoms with van der Waals surface area (Å²) in [6.45, 7) is 0. The molecule has 2 saturated heterocycles. The Bertz CT molecular complexity index is 450. The fraction of sp³-hybridized carbons (Fsp3) is 0.786. The first kappa shape index (κ1) is 13.4. The molecule has 0 aromatic rings. The number of hydrogen-bond donors (Lipinski definition) is 2. The minimum Gasteiger partial charge on any atom is -0.480 e. The number of amides is 2. The van der Waals surface area contributed by atoms with E-state index in [9.17, 15) is 19.5 Å². The van der Waals surface area contributed by atoms with Gasteiger partial charge in [-0.25, -0.2) is 4.79 Å². The standard InChI is InChI=1S/C14H20N2O4/c17-12-6-5-9(15-12)13(18)16-10-4-2-1-3-8(10)7-11(16)14(19)20/h8-11H,1-7H2,(H,15,17)(H,19,20). The van der Waals surface area contributed by atoms with Crippen LogP contribution in [0.25, 0.3) is 0 Å². The number of likely N-dealkylation sites (tertiary alicyclic amines) is 1. The molecule has 6 nitrogen and oxygen atoms in total. The minimum absolute atomic E-state index is 0.0508.